The number of nitrogens with two attached hydrogens (primary N) is 1. The van der Waals surface area contributed by atoms with E-state index in [1.807, 2.05) is 41.9 Å². The van der Waals surface area contributed by atoms with Crippen LogP contribution in [-0.2, 0) is 0 Å². The maximum absolute atomic E-state index is 12.8. The number of carbonyl (C=O) groups is 1. The zero-order valence-corrected chi connectivity index (χ0v) is 24.0. The lowest BCUT2D eigenvalue weighted by Gasteiger charge is -2.35. The molecule has 1 saturated carbocycles. The lowest BCUT2D eigenvalue weighted by Crippen LogP contribution is -2.42. The highest BCUT2D eigenvalue weighted by Gasteiger charge is 2.29. The molecule has 2 atom stereocenters. The monoisotopic (exact) mass is 567 g/mol. The van der Waals surface area contributed by atoms with Crippen LogP contribution in [0.15, 0.2) is 61.1 Å². The van der Waals surface area contributed by atoms with Crippen molar-refractivity contribution in [2.75, 3.05) is 37.7 Å². The number of aliphatic hydroxyl groups is 1. The molecule has 42 heavy (non-hydrogen) atoms. The molecule has 4 heterocycles. The second-order valence-electron chi connectivity index (χ2n) is 11.3. The Balaban J connectivity index is 1.21. The number of anilines is 2. The van der Waals surface area contributed by atoms with Crippen LogP contribution in [0.4, 0.5) is 11.6 Å². The van der Waals surface area contributed by atoms with Crippen molar-refractivity contribution in [1.29, 1.82) is 0 Å². The van der Waals surface area contributed by atoms with E-state index in [-0.39, 0.29) is 11.9 Å². The van der Waals surface area contributed by atoms with Gasteiger partial charge in [0.1, 0.15) is 29.9 Å². The van der Waals surface area contributed by atoms with Crippen LogP contribution in [0.1, 0.15) is 47.6 Å². The number of rotatable bonds is 9. The second-order valence-corrected chi connectivity index (χ2v) is 11.3. The zero-order chi connectivity index (χ0) is 29.2. The maximum atomic E-state index is 12.8. The smallest absolute Gasteiger partial charge is 0.256 e. The standard InChI is InChI=1S/C31H37N9O2/c1-20-13-14-33-25(17-20)36-31(42)22-9-7-21(8-10-22)28-27-29(32)34-19-35-30(27)40(37-28)24-5-3-16-39(18-24)26(41)6-4-15-38(2)23-11-12-23/h4,6-10,13-14,17,19,23-24,26,41H,3,5,11-12,15-16,18H2,1-2H3,(H2,32,34,35)(H,33,36,42)/b6-4+/t24-,26?/m1/s1. The van der Waals surface area contributed by atoms with Gasteiger partial charge in [0, 0.05) is 43.0 Å². The van der Waals surface area contributed by atoms with Gasteiger partial charge < -0.3 is 16.2 Å². The number of nitrogens with one attached hydrogen (secondary N) is 1. The van der Waals surface area contributed by atoms with Gasteiger partial charge in [0.15, 0.2) is 5.65 Å². The Labute approximate surface area is 245 Å². The van der Waals surface area contributed by atoms with E-state index >= 15 is 0 Å². The molecule has 1 aliphatic carbocycles. The van der Waals surface area contributed by atoms with Gasteiger partial charge in [-0.25, -0.2) is 19.6 Å². The Morgan fingerprint density at radius 2 is 2.00 bits per heavy atom. The van der Waals surface area contributed by atoms with Crippen molar-refractivity contribution >= 4 is 28.6 Å². The number of amides is 1. The third kappa shape index (κ3) is 6.03. The number of hydrogen-bond acceptors (Lipinski definition) is 9. The fraction of sp³-hybridized carbons (Fsp3) is 0.387. The molecule has 1 unspecified atom stereocenters. The second kappa shape index (κ2) is 12.0. The molecule has 0 spiro atoms. The molecule has 1 aromatic carbocycles. The molecule has 0 bridgehead atoms. The molecule has 1 amide bonds. The van der Waals surface area contributed by atoms with E-state index in [0.29, 0.717) is 46.5 Å². The highest BCUT2D eigenvalue weighted by Crippen LogP contribution is 2.34. The summed E-state index contributed by atoms with van der Waals surface area (Å²) in [6.07, 6.45) is 10.8. The molecule has 1 aliphatic heterocycles. The molecule has 4 aromatic rings. The normalized spacial score (nSPS) is 18.6. The summed E-state index contributed by atoms with van der Waals surface area (Å²) in [5, 5.41) is 19.4. The van der Waals surface area contributed by atoms with Crippen molar-refractivity contribution in [2.45, 2.75) is 50.9 Å². The molecular formula is C31H37N9O2. The van der Waals surface area contributed by atoms with Gasteiger partial charge in [-0.3, -0.25) is 14.6 Å². The number of fused-ring (bicyclic) bond motifs is 1. The molecular weight excluding hydrogens is 530 g/mol. The van der Waals surface area contributed by atoms with Gasteiger partial charge in [0.05, 0.1) is 11.4 Å². The van der Waals surface area contributed by atoms with Gasteiger partial charge in [0.2, 0.25) is 0 Å². The summed E-state index contributed by atoms with van der Waals surface area (Å²) < 4.78 is 1.93. The zero-order valence-electron chi connectivity index (χ0n) is 24.0. The number of nitrogen functional groups attached to an aromatic ring is 1. The molecule has 2 fully saturated rings. The van der Waals surface area contributed by atoms with Gasteiger partial charge >= 0.3 is 0 Å². The lowest BCUT2D eigenvalue weighted by molar-refractivity contribution is 0.0122. The number of hydrogen-bond donors (Lipinski definition) is 3. The third-order valence-corrected chi connectivity index (χ3v) is 8.12. The third-order valence-electron chi connectivity index (χ3n) is 8.12. The van der Waals surface area contributed by atoms with E-state index in [9.17, 15) is 9.90 Å². The molecule has 11 nitrogen and oxygen atoms in total. The van der Waals surface area contributed by atoms with Crippen molar-refractivity contribution in [3.05, 3.63) is 72.2 Å². The van der Waals surface area contributed by atoms with E-state index in [2.05, 4.69) is 43.2 Å². The number of nitrogens with zero attached hydrogens (tertiary/aromatic N) is 7. The molecule has 6 rings (SSSR count). The van der Waals surface area contributed by atoms with Gasteiger partial charge in [-0.15, -0.1) is 0 Å². The summed E-state index contributed by atoms with van der Waals surface area (Å²) in [6.45, 7) is 4.23. The van der Waals surface area contributed by atoms with Crippen LogP contribution in [0.5, 0.6) is 0 Å². The predicted octanol–water partition coefficient (Wildman–Crippen LogP) is 3.64. The van der Waals surface area contributed by atoms with Crippen LogP contribution in [0.2, 0.25) is 0 Å². The molecule has 218 valence electrons. The van der Waals surface area contributed by atoms with E-state index in [1.165, 1.54) is 19.2 Å². The quantitative estimate of drug-likeness (QED) is 0.259. The van der Waals surface area contributed by atoms with Gasteiger partial charge in [-0.2, -0.15) is 5.10 Å². The minimum Gasteiger partial charge on any atom is -0.383 e. The summed E-state index contributed by atoms with van der Waals surface area (Å²) in [7, 11) is 2.13. The minimum atomic E-state index is -0.657. The van der Waals surface area contributed by atoms with Crippen LogP contribution in [0, 0.1) is 6.92 Å². The molecule has 2 aliphatic rings. The van der Waals surface area contributed by atoms with Crippen LogP contribution >= 0.6 is 0 Å². The number of piperidine rings is 1. The number of likely N-dealkylation sites (tertiary alicyclic amines) is 1. The number of likely N-dealkylation sites (N-methyl/N-ethyl adjacent to an activating group) is 1. The number of carbonyl (C=O) groups excluding carboxylic acids is 1. The largest absolute Gasteiger partial charge is 0.383 e. The average Bonchev–Trinajstić information content (AvgIpc) is 3.77. The SMILES string of the molecule is Cc1ccnc(NC(=O)c2ccc(-c3nn([C@@H]4CCCN(C(O)/C=C/CN(C)C5CC5)C4)c4ncnc(N)c34)cc2)c1. The topological polar surface area (TPSA) is 138 Å². The van der Waals surface area contributed by atoms with Crippen molar-refractivity contribution in [3.8, 4) is 11.3 Å². The fourth-order valence-electron chi connectivity index (χ4n) is 5.58. The summed E-state index contributed by atoms with van der Waals surface area (Å²) in [5.74, 6) is 0.613. The fourth-order valence-corrected chi connectivity index (χ4v) is 5.58. The minimum absolute atomic E-state index is 0.00775. The molecule has 11 heteroatoms. The van der Waals surface area contributed by atoms with Crippen LogP contribution in [0.25, 0.3) is 22.3 Å². The van der Waals surface area contributed by atoms with Crippen molar-refractivity contribution in [3.63, 3.8) is 0 Å². The summed E-state index contributed by atoms with van der Waals surface area (Å²) in [6, 6.07) is 11.6. The maximum Gasteiger partial charge on any atom is 0.256 e. The van der Waals surface area contributed by atoms with Crippen molar-refractivity contribution in [2.24, 2.45) is 0 Å². The van der Waals surface area contributed by atoms with Crippen molar-refractivity contribution < 1.29 is 9.90 Å². The van der Waals surface area contributed by atoms with Gasteiger partial charge in [-0.1, -0.05) is 18.2 Å². The first-order valence-electron chi connectivity index (χ1n) is 14.5. The first kappa shape index (κ1) is 28.0. The molecule has 0 radical (unpaired) electrons. The number of pyridine rings is 1. The number of aromatic nitrogens is 5. The Hall–Kier alpha value is -4.19. The molecule has 3 aromatic heterocycles. The Morgan fingerprint density at radius 1 is 1.19 bits per heavy atom. The number of aliphatic hydroxyl groups excluding tert-OH is 1. The van der Waals surface area contributed by atoms with E-state index in [0.717, 1.165) is 37.1 Å². The Kier molecular flexibility index (Phi) is 7.96. The summed E-state index contributed by atoms with van der Waals surface area (Å²) in [4.78, 5) is 30.2. The van der Waals surface area contributed by atoms with Crippen LogP contribution < -0.4 is 11.1 Å². The molecule has 1 saturated heterocycles. The van der Waals surface area contributed by atoms with Crippen molar-refractivity contribution in [1.82, 2.24) is 34.5 Å². The number of benzene rings is 1. The van der Waals surface area contributed by atoms with E-state index in [1.54, 1.807) is 18.3 Å². The molecule has 4 N–H and O–H groups in total. The Morgan fingerprint density at radius 3 is 2.76 bits per heavy atom. The highest BCUT2D eigenvalue weighted by molar-refractivity contribution is 6.04. The van der Waals surface area contributed by atoms with Gasteiger partial charge in [0.25, 0.3) is 5.91 Å². The van der Waals surface area contributed by atoms with E-state index in [4.69, 9.17) is 10.8 Å². The van der Waals surface area contributed by atoms with Crippen LogP contribution in [0.3, 0.4) is 0 Å². The summed E-state index contributed by atoms with van der Waals surface area (Å²) in [5.41, 5.74) is 10.0. The Bertz CT molecular complexity index is 1600. The predicted molar refractivity (Wildman–Crippen MR) is 163 cm³/mol. The van der Waals surface area contributed by atoms with Crippen LogP contribution in [-0.4, -0.2) is 84.5 Å². The van der Waals surface area contributed by atoms with E-state index < -0.39 is 6.23 Å². The first-order chi connectivity index (χ1) is 20.4. The van der Waals surface area contributed by atoms with Gasteiger partial charge in [-0.05, 0) is 75.6 Å². The average molecular weight is 568 g/mol. The number of aryl methyl sites for hydroxylation is 1. The highest BCUT2D eigenvalue weighted by atomic mass is 16.3. The lowest BCUT2D eigenvalue weighted by atomic mass is 10.1. The first-order valence-corrected chi connectivity index (χ1v) is 14.5. The summed E-state index contributed by atoms with van der Waals surface area (Å²) >= 11 is 0.